The molecule has 2 unspecified atom stereocenters. The van der Waals surface area contributed by atoms with Gasteiger partial charge in [0.25, 0.3) is 0 Å². The molecule has 1 spiro atoms. The van der Waals surface area contributed by atoms with Crippen LogP contribution in [0.25, 0.3) is 0 Å². The number of hydrogen-bond acceptors (Lipinski definition) is 3. The largest absolute Gasteiger partial charge is 0.394 e. The Morgan fingerprint density at radius 1 is 1.16 bits per heavy atom. The maximum Gasteiger partial charge on any atom is 0.0609 e. The molecule has 2 aliphatic rings. The Morgan fingerprint density at radius 2 is 1.74 bits per heavy atom. The van der Waals surface area contributed by atoms with E-state index < -0.39 is 5.54 Å². The third-order valence-electron chi connectivity index (χ3n) is 5.52. The van der Waals surface area contributed by atoms with Gasteiger partial charge in [-0.3, -0.25) is 0 Å². The molecular formula is C16H32N2O. The highest BCUT2D eigenvalue weighted by Crippen LogP contribution is 2.44. The quantitative estimate of drug-likeness (QED) is 0.823. The highest BCUT2D eigenvalue weighted by molar-refractivity contribution is 4.91. The lowest BCUT2D eigenvalue weighted by Crippen LogP contribution is -2.50. The molecule has 19 heavy (non-hydrogen) atoms. The van der Waals surface area contributed by atoms with Crippen molar-refractivity contribution in [2.75, 3.05) is 19.7 Å². The molecule has 2 fully saturated rings. The van der Waals surface area contributed by atoms with Gasteiger partial charge in [0.2, 0.25) is 0 Å². The first-order valence-corrected chi connectivity index (χ1v) is 8.10. The number of likely N-dealkylation sites (tertiary alicyclic amines) is 1. The Balaban J connectivity index is 1.82. The lowest BCUT2D eigenvalue weighted by molar-refractivity contribution is 0.0384. The fourth-order valence-electron chi connectivity index (χ4n) is 4.11. The summed E-state index contributed by atoms with van der Waals surface area (Å²) in [6.07, 6.45) is 10.9. The van der Waals surface area contributed by atoms with E-state index >= 15 is 0 Å². The summed E-state index contributed by atoms with van der Waals surface area (Å²) in [6.45, 7) is 6.75. The molecule has 1 heterocycles. The molecule has 3 N–H and O–H groups in total. The van der Waals surface area contributed by atoms with Crippen LogP contribution in [0.3, 0.4) is 0 Å². The number of nitrogens with zero attached hydrogens (tertiary/aromatic N) is 1. The van der Waals surface area contributed by atoms with E-state index in [1.165, 1.54) is 58.0 Å². The van der Waals surface area contributed by atoms with Crippen LogP contribution in [0.5, 0.6) is 0 Å². The van der Waals surface area contributed by atoms with Crippen molar-refractivity contribution in [1.82, 2.24) is 4.90 Å². The Kier molecular flexibility index (Phi) is 4.91. The van der Waals surface area contributed by atoms with E-state index in [4.69, 9.17) is 5.73 Å². The maximum atomic E-state index is 9.30. The lowest BCUT2D eigenvalue weighted by Gasteiger charge is -2.46. The first-order chi connectivity index (χ1) is 8.96. The van der Waals surface area contributed by atoms with Crippen LogP contribution in [0.1, 0.15) is 65.2 Å². The molecule has 0 amide bonds. The van der Waals surface area contributed by atoms with Gasteiger partial charge in [-0.15, -0.1) is 0 Å². The van der Waals surface area contributed by atoms with E-state index in [-0.39, 0.29) is 6.61 Å². The number of aliphatic hydroxyl groups is 1. The number of rotatable bonds is 4. The average Bonchev–Trinajstić information content (AvgIpc) is 2.40. The Morgan fingerprint density at radius 3 is 2.26 bits per heavy atom. The molecule has 3 nitrogen and oxygen atoms in total. The molecule has 0 aromatic heterocycles. The first kappa shape index (κ1) is 15.3. The van der Waals surface area contributed by atoms with Crippen LogP contribution in [-0.2, 0) is 0 Å². The fourth-order valence-corrected chi connectivity index (χ4v) is 4.11. The van der Waals surface area contributed by atoms with Gasteiger partial charge in [-0.05, 0) is 64.5 Å². The lowest BCUT2D eigenvalue weighted by atomic mass is 9.68. The molecule has 1 aliphatic heterocycles. The van der Waals surface area contributed by atoms with Crippen molar-refractivity contribution < 1.29 is 5.11 Å². The predicted octanol–water partition coefficient (Wildman–Crippen LogP) is 2.52. The summed E-state index contributed by atoms with van der Waals surface area (Å²) < 4.78 is 0. The standard InChI is InChI=1S/C16H32N2O/c1-14(12-15(2,17)13-19)18-10-8-16(9-11-18)6-4-3-5-7-16/h14,19H,3-13,17H2,1-2H3. The van der Waals surface area contributed by atoms with E-state index in [2.05, 4.69) is 11.8 Å². The van der Waals surface area contributed by atoms with Crippen LogP contribution in [0.4, 0.5) is 0 Å². The second kappa shape index (κ2) is 6.11. The van der Waals surface area contributed by atoms with Crippen molar-refractivity contribution in [1.29, 1.82) is 0 Å². The monoisotopic (exact) mass is 268 g/mol. The normalized spacial score (nSPS) is 29.1. The van der Waals surface area contributed by atoms with Crippen molar-refractivity contribution in [3.05, 3.63) is 0 Å². The fraction of sp³-hybridized carbons (Fsp3) is 1.00. The molecule has 0 radical (unpaired) electrons. The zero-order valence-electron chi connectivity index (χ0n) is 12.8. The van der Waals surface area contributed by atoms with Crippen LogP contribution in [0.2, 0.25) is 0 Å². The minimum atomic E-state index is -0.431. The Bertz CT molecular complexity index is 274. The van der Waals surface area contributed by atoms with Crippen molar-refractivity contribution in [3.63, 3.8) is 0 Å². The molecule has 0 aromatic carbocycles. The van der Waals surface area contributed by atoms with Crippen LogP contribution >= 0.6 is 0 Å². The summed E-state index contributed by atoms with van der Waals surface area (Å²) in [5, 5.41) is 9.30. The number of aliphatic hydroxyl groups excluding tert-OH is 1. The van der Waals surface area contributed by atoms with Crippen LogP contribution in [0.15, 0.2) is 0 Å². The molecule has 2 rings (SSSR count). The van der Waals surface area contributed by atoms with Gasteiger partial charge in [-0.25, -0.2) is 0 Å². The molecule has 1 saturated heterocycles. The first-order valence-electron chi connectivity index (χ1n) is 8.10. The predicted molar refractivity (Wildman–Crippen MR) is 80.1 cm³/mol. The van der Waals surface area contributed by atoms with Gasteiger partial charge in [0, 0.05) is 11.6 Å². The van der Waals surface area contributed by atoms with Gasteiger partial charge in [0.05, 0.1) is 6.61 Å². The molecule has 1 saturated carbocycles. The van der Waals surface area contributed by atoms with Gasteiger partial charge in [0.15, 0.2) is 0 Å². The number of hydrogen-bond donors (Lipinski definition) is 2. The van der Waals surface area contributed by atoms with Crippen LogP contribution in [-0.4, -0.2) is 41.3 Å². The highest BCUT2D eigenvalue weighted by atomic mass is 16.3. The summed E-state index contributed by atoms with van der Waals surface area (Å²) in [5.74, 6) is 0. The maximum absolute atomic E-state index is 9.30. The zero-order chi connectivity index (χ0) is 13.9. The number of nitrogens with two attached hydrogens (primary N) is 1. The van der Waals surface area contributed by atoms with E-state index in [9.17, 15) is 5.11 Å². The van der Waals surface area contributed by atoms with Gasteiger partial charge in [-0.2, -0.15) is 0 Å². The molecule has 1 aliphatic carbocycles. The van der Waals surface area contributed by atoms with Crippen LogP contribution in [0, 0.1) is 5.41 Å². The zero-order valence-corrected chi connectivity index (χ0v) is 12.8. The van der Waals surface area contributed by atoms with E-state index in [1.54, 1.807) is 0 Å². The van der Waals surface area contributed by atoms with Crippen molar-refractivity contribution in [3.8, 4) is 0 Å². The third kappa shape index (κ3) is 3.93. The van der Waals surface area contributed by atoms with Crippen molar-refractivity contribution >= 4 is 0 Å². The minimum Gasteiger partial charge on any atom is -0.394 e. The van der Waals surface area contributed by atoms with Gasteiger partial charge >= 0.3 is 0 Å². The minimum absolute atomic E-state index is 0.0785. The summed E-state index contributed by atoms with van der Waals surface area (Å²) in [4.78, 5) is 2.58. The summed E-state index contributed by atoms with van der Waals surface area (Å²) >= 11 is 0. The second-order valence-electron chi connectivity index (χ2n) is 7.46. The number of piperidine rings is 1. The molecule has 3 heteroatoms. The molecular weight excluding hydrogens is 236 g/mol. The molecule has 0 aromatic rings. The van der Waals surface area contributed by atoms with Crippen molar-refractivity contribution in [2.45, 2.75) is 76.8 Å². The smallest absolute Gasteiger partial charge is 0.0609 e. The van der Waals surface area contributed by atoms with Gasteiger partial charge in [-0.1, -0.05) is 19.3 Å². The Labute approximate surface area is 118 Å². The summed E-state index contributed by atoms with van der Waals surface area (Å²) in [6, 6.07) is 0.489. The summed E-state index contributed by atoms with van der Waals surface area (Å²) in [7, 11) is 0. The van der Waals surface area contributed by atoms with E-state index in [0.717, 1.165) is 6.42 Å². The van der Waals surface area contributed by atoms with Crippen molar-refractivity contribution in [2.24, 2.45) is 11.1 Å². The average molecular weight is 268 g/mol. The Hall–Kier alpha value is -0.120. The highest BCUT2D eigenvalue weighted by Gasteiger charge is 2.37. The molecule has 112 valence electrons. The summed E-state index contributed by atoms with van der Waals surface area (Å²) in [5.41, 5.74) is 6.33. The molecule has 0 bridgehead atoms. The SMILES string of the molecule is CC(CC(C)(N)CO)N1CCC2(CCCCC2)CC1. The van der Waals surface area contributed by atoms with E-state index in [0.29, 0.717) is 11.5 Å². The third-order valence-corrected chi connectivity index (χ3v) is 5.52. The van der Waals surface area contributed by atoms with Gasteiger partial charge < -0.3 is 15.7 Å². The van der Waals surface area contributed by atoms with Gasteiger partial charge in [0.1, 0.15) is 0 Å². The second-order valence-corrected chi connectivity index (χ2v) is 7.46. The van der Waals surface area contributed by atoms with E-state index in [1.807, 2.05) is 6.92 Å². The molecule has 2 atom stereocenters. The van der Waals surface area contributed by atoms with Crippen LogP contribution < -0.4 is 5.73 Å². The topological polar surface area (TPSA) is 49.5 Å².